The van der Waals surface area contributed by atoms with E-state index in [1.54, 1.807) is 30.6 Å². The third kappa shape index (κ3) is 5.05. The van der Waals surface area contributed by atoms with E-state index < -0.39 is 0 Å². The molecule has 2 N–H and O–H groups in total. The number of rotatable bonds is 7. The molecule has 0 bridgehead atoms. The predicted molar refractivity (Wildman–Crippen MR) is 119 cm³/mol. The molecule has 3 aromatic rings. The van der Waals surface area contributed by atoms with Crippen LogP contribution in [0.2, 0.25) is 0 Å². The number of nitrogen functional groups attached to an aromatic ring is 1. The van der Waals surface area contributed by atoms with Gasteiger partial charge in [0.1, 0.15) is 17.2 Å². The second-order valence-electron chi connectivity index (χ2n) is 6.14. The lowest BCUT2D eigenvalue weighted by Gasteiger charge is -2.21. The number of carbonyl (C=O) groups excluding carboxylic acids is 1. The summed E-state index contributed by atoms with van der Waals surface area (Å²) in [4.78, 5) is 23.7. The Balaban J connectivity index is 1.67. The summed E-state index contributed by atoms with van der Waals surface area (Å²) in [5.41, 5.74) is 8.39. The smallest absolute Gasteiger partial charge is 0.263 e. The van der Waals surface area contributed by atoms with Gasteiger partial charge < -0.3 is 10.6 Å². The molecule has 0 aliphatic carbocycles. The maximum atomic E-state index is 12.9. The average molecular weight is 411 g/mol. The zero-order valence-corrected chi connectivity index (χ0v) is 17.5. The Morgan fingerprint density at radius 2 is 1.82 bits per heavy atom. The topological polar surface area (TPSA) is 72.1 Å². The molecule has 1 heterocycles. The number of carbonyl (C=O) groups is 1. The number of aromatic nitrogens is 2. The third-order valence-corrected chi connectivity index (χ3v) is 6.44. The molecule has 5 nitrogen and oxygen atoms in total. The molecule has 1 aromatic heterocycles. The van der Waals surface area contributed by atoms with Crippen molar-refractivity contribution in [2.45, 2.75) is 17.6 Å². The Labute approximate surface area is 173 Å². The van der Waals surface area contributed by atoms with Gasteiger partial charge in [0.15, 0.2) is 0 Å². The van der Waals surface area contributed by atoms with Gasteiger partial charge in [-0.15, -0.1) is 23.5 Å². The molecular formula is C21H22N4OS2. The van der Waals surface area contributed by atoms with Crippen LogP contribution in [0.1, 0.15) is 21.7 Å². The van der Waals surface area contributed by atoms with E-state index in [1.165, 1.54) is 11.8 Å². The molecule has 0 saturated carbocycles. The Bertz CT molecular complexity index is 950. The highest BCUT2D eigenvalue weighted by atomic mass is 32.2. The second kappa shape index (κ2) is 9.61. The molecule has 1 amide bonds. The molecule has 0 aliphatic heterocycles. The molecule has 0 unspecified atom stereocenters. The van der Waals surface area contributed by atoms with Crippen LogP contribution in [0.4, 0.5) is 11.5 Å². The van der Waals surface area contributed by atoms with Crippen molar-refractivity contribution < 1.29 is 4.79 Å². The fraction of sp³-hybridized carbons (Fsp3) is 0.190. The first kappa shape index (κ1) is 20.2. The van der Waals surface area contributed by atoms with Crippen molar-refractivity contribution in [3.63, 3.8) is 0 Å². The summed E-state index contributed by atoms with van der Waals surface area (Å²) in [5.74, 6) is 1.49. The molecule has 0 atom stereocenters. The summed E-state index contributed by atoms with van der Waals surface area (Å²) < 4.78 is 0. The van der Waals surface area contributed by atoms with Crippen molar-refractivity contribution in [1.82, 2.24) is 9.97 Å². The highest BCUT2D eigenvalue weighted by Crippen LogP contribution is 2.33. The Hall–Kier alpha value is -2.51. The van der Waals surface area contributed by atoms with Crippen molar-refractivity contribution in [2.24, 2.45) is 0 Å². The first-order chi connectivity index (χ1) is 13.6. The molecule has 2 aromatic carbocycles. The van der Waals surface area contributed by atoms with E-state index in [1.807, 2.05) is 42.1 Å². The van der Waals surface area contributed by atoms with Gasteiger partial charge in [0.25, 0.3) is 5.91 Å². The number of aryl methyl sites for hydroxylation is 1. The number of nitrogens with two attached hydrogens (primary N) is 1. The van der Waals surface area contributed by atoms with Crippen LogP contribution in [0.5, 0.6) is 0 Å². The highest BCUT2D eigenvalue weighted by molar-refractivity contribution is 8.15. The van der Waals surface area contributed by atoms with Gasteiger partial charge in [0.05, 0.1) is 5.69 Å². The normalized spacial score (nSPS) is 10.6. The summed E-state index contributed by atoms with van der Waals surface area (Å²) >= 11 is 3.57. The monoisotopic (exact) mass is 410 g/mol. The van der Waals surface area contributed by atoms with Crippen molar-refractivity contribution in [1.29, 1.82) is 0 Å². The number of hydrogen-bond acceptors (Lipinski definition) is 6. The van der Waals surface area contributed by atoms with Gasteiger partial charge in [-0.1, -0.05) is 42.5 Å². The molecule has 28 heavy (non-hydrogen) atoms. The Morgan fingerprint density at radius 3 is 2.57 bits per heavy atom. The van der Waals surface area contributed by atoms with Gasteiger partial charge >= 0.3 is 0 Å². The van der Waals surface area contributed by atoms with Crippen LogP contribution in [0, 0.1) is 6.92 Å². The fourth-order valence-electron chi connectivity index (χ4n) is 2.64. The number of amides is 1. The van der Waals surface area contributed by atoms with E-state index in [0.29, 0.717) is 11.4 Å². The van der Waals surface area contributed by atoms with Gasteiger partial charge in [-0.3, -0.25) is 4.79 Å². The van der Waals surface area contributed by atoms with E-state index in [9.17, 15) is 4.79 Å². The molecule has 0 fully saturated rings. The van der Waals surface area contributed by atoms with E-state index in [2.05, 4.69) is 34.2 Å². The molecule has 0 aliphatic rings. The maximum Gasteiger partial charge on any atom is 0.263 e. The lowest BCUT2D eigenvalue weighted by molar-refractivity contribution is 0.0993. The fourth-order valence-corrected chi connectivity index (χ4v) is 4.77. The number of benzene rings is 2. The molecule has 0 spiro atoms. The quantitative estimate of drug-likeness (QED) is 0.348. The zero-order valence-electron chi connectivity index (χ0n) is 15.8. The highest BCUT2D eigenvalue weighted by Gasteiger charge is 2.19. The number of hydrogen-bond donors (Lipinski definition) is 1. The second-order valence-corrected chi connectivity index (χ2v) is 8.51. The molecule has 0 radical (unpaired) electrons. The lowest BCUT2D eigenvalue weighted by Crippen LogP contribution is -2.28. The number of nitrogens with zero attached hydrogens (tertiary/aromatic N) is 3. The van der Waals surface area contributed by atoms with E-state index >= 15 is 0 Å². The average Bonchev–Trinajstić information content (AvgIpc) is 2.71. The van der Waals surface area contributed by atoms with Gasteiger partial charge in [-0.2, -0.15) is 0 Å². The molecule has 144 valence electrons. The minimum atomic E-state index is -0.220. The lowest BCUT2D eigenvalue weighted by atomic mass is 10.2. The Morgan fingerprint density at radius 1 is 1.11 bits per heavy atom. The van der Waals surface area contributed by atoms with Crippen molar-refractivity contribution in [3.05, 3.63) is 77.7 Å². The van der Waals surface area contributed by atoms with E-state index in [0.717, 1.165) is 21.4 Å². The SMILES string of the molecule is Cc1ncc(C(=O)N(C)c2ccccc2SCSCc2ccccc2)c(N)n1. The van der Waals surface area contributed by atoms with Crippen molar-refractivity contribution >= 4 is 40.9 Å². The van der Waals surface area contributed by atoms with Crippen LogP contribution in [0.15, 0.2) is 65.7 Å². The summed E-state index contributed by atoms with van der Waals surface area (Å²) in [5, 5.41) is 0.893. The minimum absolute atomic E-state index is 0.202. The summed E-state index contributed by atoms with van der Waals surface area (Å²) in [6, 6.07) is 18.3. The Kier molecular flexibility index (Phi) is 6.95. The molecule has 0 saturated heterocycles. The summed E-state index contributed by atoms with van der Waals surface area (Å²) in [6.45, 7) is 1.74. The predicted octanol–water partition coefficient (Wildman–Crippen LogP) is 4.63. The summed E-state index contributed by atoms with van der Waals surface area (Å²) in [6.07, 6.45) is 1.49. The molecular weight excluding hydrogens is 388 g/mol. The maximum absolute atomic E-state index is 12.9. The molecule has 7 heteroatoms. The number of para-hydroxylation sites is 1. The summed E-state index contributed by atoms with van der Waals surface area (Å²) in [7, 11) is 1.75. The van der Waals surface area contributed by atoms with E-state index in [4.69, 9.17) is 5.73 Å². The van der Waals surface area contributed by atoms with Crippen molar-refractivity contribution in [2.75, 3.05) is 22.8 Å². The van der Waals surface area contributed by atoms with Gasteiger partial charge in [0, 0.05) is 29.0 Å². The first-order valence-corrected chi connectivity index (χ1v) is 10.9. The largest absolute Gasteiger partial charge is 0.383 e. The van der Waals surface area contributed by atoms with Gasteiger partial charge in [0.2, 0.25) is 0 Å². The van der Waals surface area contributed by atoms with Crippen LogP contribution in [0.25, 0.3) is 0 Å². The first-order valence-electron chi connectivity index (χ1n) is 8.77. The van der Waals surface area contributed by atoms with Crippen LogP contribution in [-0.4, -0.2) is 28.0 Å². The van der Waals surface area contributed by atoms with Crippen LogP contribution in [0.3, 0.4) is 0 Å². The zero-order chi connectivity index (χ0) is 19.9. The number of anilines is 2. The number of thioether (sulfide) groups is 2. The molecule has 3 rings (SSSR count). The van der Waals surface area contributed by atoms with Gasteiger partial charge in [-0.05, 0) is 24.6 Å². The van der Waals surface area contributed by atoms with E-state index in [-0.39, 0.29) is 11.7 Å². The minimum Gasteiger partial charge on any atom is -0.383 e. The van der Waals surface area contributed by atoms with Gasteiger partial charge in [-0.25, -0.2) is 9.97 Å². The van der Waals surface area contributed by atoms with Crippen LogP contribution < -0.4 is 10.6 Å². The van der Waals surface area contributed by atoms with Crippen LogP contribution in [-0.2, 0) is 5.75 Å². The van der Waals surface area contributed by atoms with Crippen molar-refractivity contribution in [3.8, 4) is 0 Å². The third-order valence-electron chi connectivity index (χ3n) is 4.11. The standard InChI is InChI=1S/C21H22N4OS2/c1-15-23-12-17(20(22)24-15)21(26)25(2)18-10-6-7-11-19(18)28-14-27-13-16-8-4-3-5-9-16/h3-12H,13-14H2,1-2H3,(H2,22,23,24). The van der Waals surface area contributed by atoms with Crippen LogP contribution >= 0.6 is 23.5 Å².